The van der Waals surface area contributed by atoms with E-state index in [4.69, 9.17) is 4.74 Å². The SMILES string of the molecule is c1ccc(NCC2CCCCO2)cc1. The topological polar surface area (TPSA) is 21.3 Å². The second kappa shape index (κ2) is 5.01. The molecule has 1 aliphatic heterocycles. The molecule has 0 spiro atoms. The molecule has 1 N–H and O–H groups in total. The molecule has 0 radical (unpaired) electrons. The van der Waals surface area contributed by atoms with Gasteiger partial charge < -0.3 is 10.1 Å². The molecule has 14 heavy (non-hydrogen) atoms. The van der Waals surface area contributed by atoms with Crippen LogP contribution in [0.3, 0.4) is 0 Å². The number of anilines is 1. The molecule has 2 heteroatoms. The number of para-hydroxylation sites is 1. The summed E-state index contributed by atoms with van der Waals surface area (Å²) in [5.74, 6) is 0. The lowest BCUT2D eigenvalue weighted by atomic mass is 10.1. The molecule has 0 amide bonds. The second-order valence-electron chi connectivity index (χ2n) is 3.74. The van der Waals surface area contributed by atoms with Gasteiger partial charge in [0.15, 0.2) is 0 Å². The van der Waals surface area contributed by atoms with Gasteiger partial charge in [0, 0.05) is 18.8 Å². The summed E-state index contributed by atoms with van der Waals surface area (Å²) < 4.78 is 5.64. The van der Waals surface area contributed by atoms with E-state index in [9.17, 15) is 0 Å². The number of ether oxygens (including phenoxy) is 1. The van der Waals surface area contributed by atoms with Gasteiger partial charge in [-0.1, -0.05) is 18.2 Å². The van der Waals surface area contributed by atoms with Gasteiger partial charge in [0.2, 0.25) is 0 Å². The zero-order valence-electron chi connectivity index (χ0n) is 8.41. The Labute approximate surface area is 85.3 Å². The normalized spacial score (nSPS) is 21.9. The highest BCUT2D eigenvalue weighted by atomic mass is 16.5. The van der Waals surface area contributed by atoms with Crippen molar-refractivity contribution in [2.45, 2.75) is 25.4 Å². The summed E-state index contributed by atoms with van der Waals surface area (Å²) >= 11 is 0. The summed E-state index contributed by atoms with van der Waals surface area (Å²) in [5.41, 5.74) is 1.18. The Balaban J connectivity index is 1.76. The third kappa shape index (κ3) is 2.74. The summed E-state index contributed by atoms with van der Waals surface area (Å²) in [4.78, 5) is 0. The van der Waals surface area contributed by atoms with Gasteiger partial charge in [0.25, 0.3) is 0 Å². The fourth-order valence-corrected chi connectivity index (χ4v) is 1.76. The zero-order valence-corrected chi connectivity index (χ0v) is 8.41. The Kier molecular flexibility index (Phi) is 3.41. The van der Waals surface area contributed by atoms with E-state index in [0.717, 1.165) is 13.2 Å². The van der Waals surface area contributed by atoms with Gasteiger partial charge in [-0.3, -0.25) is 0 Å². The molecule has 1 heterocycles. The smallest absolute Gasteiger partial charge is 0.0747 e. The molecular weight excluding hydrogens is 174 g/mol. The van der Waals surface area contributed by atoms with Crippen molar-refractivity contribution in [3.05, 3.63) is 30.3 Å². The average Bonchev–Trinajstić information content (AvgIpc) is 2.29. The van der Waals surface area contributed by atoms with Crippen LogP contribution in [0.25, 0.3) is 0 Å². The lowest BCUT2D eigenvalue weighted by Gasteiger charge is -2.23. The maximum Gasteiger partial charge on any atom is 0.0747 e. The van der Waals surface area contributed by atoms with Crippen LogP contribution in [0, 0.1) is 0 Å². The molecule has 1 fully saturated rings. The molecule has 0 bridgehead atoms. The van der Waals surface area contributed by atoms with Crippen LogP contribution in [0.2, 0.25) is 0 Å². The van der Waals surface area contributed by atoms with E-state index in [2.05, 4.69) is 17.4 Å². The van der Waals surface area contributed by atoms with Crippen molar-refractivity contribution in [3.63, 3.8) is 0 Å². The van der Waals surface area contributed by atoms with Crippen LogP contribution < -0.4 is 5.32 Å². The first-order valence-corrected chi connectivity index (χ1v) is 5.36. The van der Waals surface area contributed by atoms with Crippen molar-refractivity contribution < 1.29 is 4.74 Å². The third-order valence-corrected chi connectivity index (χ3v) is 2.58. The fraction of sp³-hybridized carbons (Fsp3) is 0.500. The van der Waals surface area contributed by atoms with Crippen molar-refractivity contribution in [3.8, 4) is 0 Å². The van der Waals surface area contributed by atoms with Crippen LogP contribution >= 0.6 is 0 Å². The summed E-state index contributed by atoms with van der Waals surface area (Å²) in [6.45, 7) is 1.87. The lowest BCUT2D eigenvalue weighted by molar-refractivity contribution is 0.0247. The van der Waals surface area contributed by atoms with E-state index in [0.29, 0.717) is 6.10 Å². The van der Waals surface area contributed by atoms with Crippen LogP contribution in [0.15, 0.2) is 30.3 Å². The van der Waals surface area contributed by atoms with Gasteiger partial charge in [-0.25, -0.2) is 0 Å². The molecule has 76 valence electrons. The molecule has 1 aliphatic rings. The van der Waals surface area contributed by atoms with E-state index in [1.54, 1.807) is 0 Å². The van der Waals surface area contributed by atoms with Crippen LogP contribution in [0.1, 0.15) is 19.3 Å². The predicted molar refractivity (Wildman–Crippen MR) is 58.5 cm³/mol. The zero-order chi connectivity index (χ0) is 9.64. The average molecular weight is 191 g/mol. The van der Waals surface area contributed by atoms with Crippen molar-refractivity contribution in [2.24, 2.45) is 0 Å². The summed E-state index contributed by atoms with van der Waals surface area (Å²) in [7, 11) is 0. The second-order valence-corrected chi connectivity index (χ2v) is 3.74. The van der Waals surface area contributed by atoms with Gasteiger partial charge in [0.05, 0.1) is 6.10 Å². The maximum atomic E-state index is 5.64. The van der Waals surface area contributed by atoms with Crippen LogP contribution in [-0.4, -0.2) is 19.3 Å². The molecule has 1 aromatic rings. The van der Waals surface area contributed by atoms with E-state index in [1.807, 2.05) is 18.2 Å². The Bertz CT molecular complexity index is 254. The predicted octanol–water partition coefficient (Wildman–Crippen LogP) is 2.67. The molecule has 2 nitrogen and oxygen atoms in total. The molecule has 0 aromatic heterocycles. The minimum atomic E-state index is 0.406. The summed E-state index contributed by atoms with van der Waals surface area (Å²) in [6, 6.07) is 10.3. The van der Waals surface area contributed by atoms with Crippen LogP contribution in [0.4, 0.5) is 5.69 Å². The standard InChI is InChI=1S/C12H17NO/c1-2-6-11(7-3-1)13-10-12-8-4-5-9-14-12/h1-3,6-7,12-13H,4-5,8-10H2. The van der Waals surface area contributed by atoms with Crippen LogP contribution in [-0.2, 0) is 4.74 Å². The highest BCUT2D eigenvalue weighted by molar-refractivity contribution is 5.42. The van der Waals surface area contributed by atoms with Crippen molar-refractivity contribution in [1.82, 2.24) is 0 Å². The van der Waals surface area contributed by atoms with Gasteiger partial charge >= 0.3 is 0 Å². The van der Waals surface area contributed by atoms with E-state index in [1.165, 1.54) is 24.9 Å². The fourth-order valence-electron chi connectivity index (χ4n) is 1.76. The number of benzene rings is 1. The van der Waals surface area contributed by atoms with Crippen molar-refractivity contribution in [1.29, 1.82) is 0 Å². The minimum absolute atomic E-state index is 0.406. The van der Waals surface area contributed by atoms with Gasteiger partial charge in [-0.05, 0) is 31.4 Å². The van der Waals surface area contributed by atoms with Crippen molar-refractivity contribution in [2.75, 3.05) is 18.5 Å². The molecule has 1 atom stereocenters. The van der Waals surface area contributed by atoms with E-state index >= 15 is 0 Å². The van der Waals surface area contributed by atoms with Crippen molar-refractivity contribution >= 4 is 5.69 Å². The quantitative estimate of drug-likeness (QED) is 0.793. The molecule has 0 aliphatic carbocycles. The molecule has 1 unspecified atom stereocenters. The molecule has 1 aromatic carbocycles. The molecule has 2 rings (SSSR count). The monoisotopic (exact) mass is 191 g/mol. The maximum absolute atomic E-state index is 5.64. The highest BCUT2D eigenvalue weighted by Gasteiger charge is 2.12. The Morgan fingerprint density at radius 2 is 2.07 bits per heavy atom. The first-order valence-electron chi connectivity index (χ1n) is 5.36. The molecule has 0 saturated carbocycles. The first-order chi connectivity index (χ1) is 6.95. The number of hydrogen-bond acceptors (Lipinski definition) is 2. The first kappa shape index (κ1) is 9.53. The Hall–Kier alpha value is -1.02. The van der Waals surface area contributed by atoms with Gasteiger partial charge in [0.1, 0.15) is 0 Å². The van der Waals surface area contributed by atoms with E-state index < -0.39 is 0 Å². The largest absolute Gasteiger partial charge is 0.382 e. The molecule has 1 saturated heterocycles. The number of nitrogens with one attached hydrogen (secondary N) is 1. The lowest BCUT2D eigenvalue weighted by Crippen LogP contribution is -2.26. The van der Waals surface area contributed by atoms with Gasteiger partial charge in [-0.15, -0.1) is 0 Å². The third-order valence-electron chi connectivity index (χ3n) is 2.58. The summed E-state index contributed by atoms with van der Waals surface area (Å²) in [6.07, 6.45) is 4.13. The molecular formula is C12H17NO. The van der Waals surface area contributed by atoms with Gasteiger partial charge in [-0.2, -0.15) is 0 Å². The van der Waals surface area contributed by atoms with E-state index in [-0.39, 0.29) is 0 Å². The highest BCUT2D eigenvalue weighted by Crippen LogP contribution is 2.13. The number of rotatable bonds is 3. The Morgan fingerprint density at radius 3 is 2.79 bits per heavy atom. The Morgan fingerprint density at radius 1 is 1.21 bits per heavy atom. The minimum Gasteiger partial charge on any atom is -0.382 e. The summed E-state index contributed by atoms with van der Waals surface area (Å²) in [5, 5.41) is 3.39. The van der Waals surface area contributed by atoms with Crippen LogP contribution in [0.5, 0.6) is 0 Å². The number of hydrogen-bond donors (Lipinski definition) is 1.